The highest BCUT2D eigenvalue weighted by molar-refractivity contribution is 14.0. The van der Waals surface area contributed by atoms with Gasteiger partial charge in [-0.1, -0.05) is 13.3 Å². The van der Waals surface area contributed by atoms with Crippen molar-refractivity contribution >= 4 is 41.7 Å². The molecule has 1 spiro atoms. The van der Waals surface area contributed by atoms with Gasteiger partial charge in [0.15, 0.2) is 5.96 Å². The summed E-state index contributed by atoms with van der Waals surface area (Å²) < 4.78 is 0. The van der Waals surface area contributed by atoms with Crippen molar-refractivity contribution in [3.63, 3.8) is 0 Å². The normalized spacial score (nSPS) is 22.9. The van der Waals surface area contributed by atoms with Crippen LogP contribution in [0.4, 0.5) is 0 Å². The average Bonchev–Trinajstić information content (AvgIpc) is 2.79. The highest BCUT2D eigenvalue weighted by Crippen LogP contribution is 2.47. The number of hydrogen-bond acceptors (Lipinski definition) is 2. The molecule has 1 heterocycles. The van der Waals surface area contributed by atoms with E-state index in [-0.39, 0.29) is 24.0 Å². The lowest BCUT2D eigenvalue weighted by atomic mass is 9.68. The van der Waals surface area contributed by atoms with E-state index in [1.807, 2.05) is 11.8 Å². The monoisotopic (exact) mass is 397 g/mol. The van der Waals surface area contributed by atoms with Crippen LogP contribution in [0.3, 0.4) is 0 Å². The predicted octanol–water partition coefficient (Wildman–Crippen LogP) is 3.20. The van der Waals surface area contributed by atoms with Crippen molar-refractivity contribution in [2.45, 2.75) is 44.8 Å². The topological polar surface area (TPSA) is 27.6 Å². The van der Waals surface area contributed by atoms with Crippen molar-refractivity contribution in [1.29, 1.82) is 0 Å². The van der Waals surface area contributed by atoms with Crippen molar-refractivity contribution in [3.05, 3.63) is 0 Å². The number of guanidine groups is 1. The maximum absolute atomic E-state index is 4.80. The van der Waals surface area contributed by atoms with Gasteiger partial charge >= 0.3 is 0 Å². The molecule has 1 unspecified atom stereocenters. The number of nitrogens with zero attached hydrogens (tertiary/aromatic N) is 2. The Morgan fingerprint density at radius 2 is 2.16 bits per heavy atom. The standard InChI is InChI=1S/C14H27N3S.HI/c1-4-15-13(16-10-12(2)18-3)17-9-8-14(11-17)6-5-7-14;/h12H,4-11H2,1-3H3,(H,15,16);1H. The quantitative estimate of drug-likeness (QED) is 0.449. The van der Waals surface area contributed by atoms with Gasteiger partial charge in [-0.25, -0.2) is 0 Å². The molecular weight excluding hydrogens is 369 g/mol. The Morgan fingerprint density at radius 1 is 1.42 bits per heavy atom. The number of likely N-dealkylation sites (tertiary alicyclic amines) is 1. The van der Waals surface area contributed by atoms with Crippen LogP contribution in [0.1, 0.15) is 39.5 Å². The summed E-state index contributed by atoms with van der Waals surface area (Å²) in [5.41, 5.74) is 0.654. The molecule has 2 aliphatic rings. The molecule has 1 saturated heterocycles. The Morgan fingerprint density at radius 3 is 2.63 bits per heavy atom. The predicted molar refractivity (Wildman–Crippen MR) is 96.8 cm³/mol. The van der Waals surface area contributed by atoms with Gasteiger partial charge in [-0.2, -0.15) is 11.8 Å². The van der Waals surface area contributed by atoms with E-state index in [0.29, 0.717) is 10.7 Å². The van der Waals surface area contributed by atoms with Crippen LogP contribution >= 0.6 is 35.7 Å². The fraction of sp³-hybridized carbons (Fsp3) is 0.929. The van der Waals surface area contributed by atoms with Gasteiger partial charge in [0, 0.05) is 24.9 Å². The Labute approximate surface area is 139 Å². The van der Waals surface area contributed by atoms with E-state index in [0.717, 1.165) is 19.0 Å². The van der Waals surface area contributed by atoms with Crippen molar-refractivity contribution in [2.75, 3.05) is 32.4 Å². The SMILES string of the molecule is CCNC(=NCC(C)SC)N1CCC2(CCC2)C1.I. The number of rotatable bonds is 4. The molecule has 0 amide bonds. The Balaban J connectivity index is 0.00000180. The van der Waals surface area contributed by atoms with Crippen LogP contribution < -0.4 is 5.32 Å². The summed E-state index contributed by atoms with van der Waals surface area (Å²) in [6.45, 7) is 8.72. The first-order chi connectivity index (χ1) is 8.69. The minimum Gasteiger partial charge on any atom is -0.357 e. The van der Waals surface area contributed by atoms with E-state index in [1.165, 1.54) is 38.8 Å². The van der Waals surface area contributed by atoms with Crippen molar-refractivity contribution in [1.82, 2.24) is 10.2 Å². The first kappa shape index (κ1) is 17.4. The Kier molecular flexibility index (Phi) is 7.29. The molecular formula is C14H28IN3S. The summed E-state index contributed by atoms with van der Waals surface area (Å²) in [6.07, 6.45) is 7.83. The van der Waals surface area contributed by atoms with Gasteiger partial charge < -0.3 is 10.2 Å². The summed E-state index contributed by atoms with van der Waals surface area (Å²) in [5, 5.41) is 4.07. The lowest BCUT2D eigenvalue weighted by molar-refractivity contribution is 0.151. The zero-order valence-corrected chi connectivity index (χ0v) is 15.6. The maximum Gasteiger partial charge on any atom is 0.193 e. The van der Waals surface area contributed by atoms with E-state index in [4.69, 9.17) is 4.99 Å². The van der Waals surface area contributed by atoms with Gasteiger partial charge in [-0.05, 0) is 37.9 Å². The number of nitrogens with one attached hydrogen (secondary N) is 1. The fourth-order valence-electron chi connectivity index (χ4n) is 2.92. The van der Waals surface area contributed by atoms with Crippen LogP contribution in [0.25, 0.3) is 0 Å². The maximum atomic E-state index is 4.80. The molecule has 1 aliphatic heterocycles. The van der Waals surface area contributed by atoms with Crippen molar-refractivity contribution < 1.29 is 0 Å². The molecule has 2 rings (SSSR count). The van der Waals surface area contributed by atoms with Crippen LogP contribution in [0.2, 0.25) is 0 Å². The molecule has 1 N–H and O–H groups in total. The number of thioether (sulfide) groups is 1. The van der Waals surface area contributed by atoms with Gasteiger partial charge in [-0.15, -0.1) is 24.0 Å². The lowest BCUT2D eigenvalue weighted by Crippen LogP contribution is -2.42. The Bertz CT molecular complexity index is 305. The van der Waals surface area contributed by atoms with Gasteiger partial charge in [0.2, 0.25) is 0 Å². The summed E-state index contributed by atoms with van der Waals surface area (Å²) in [7, 11) is 0. The van der Waals surface area contributed by atoms with Crippen LogP contribution in [-0.2, 0) is 0 Å². The van der Waals surface area contributed by atoms with E-state index < -0.39 is 0 Å². The van der Waals surface area contributed by atoms with E-state index in [1.54, 1.807) is 0 Å². The molecule has 1 saturated carbocycles. The van der Waals surface area contributed by atoms with Crippen molar-refractivity contribution in [3.8, 4) is 0 Å². The highest BCUT2D eigenvalue weighted by atomic mass is 127. The van der Waals surface area contributed by atoms with E-state index in [2.05, 4.69) is 30.3 Å². The van der Waals surface area contributed by atoms with Crippen LogP contribution in [-0.4, -0.2) is 48.5 Å². The smallest absolute Gasteiger partial charge is 0.193 e. The summed E-state index contributed by atoms with van der Waals surface area (Å²) in [6, 6.07) is 0. The second kappa shape index (κ2) is 7.96. The first-order valence-electron chi connectivity index (χ1n) is 7.25. The molecule has 0 radical (unpaired) electrons. The number of halogens is 1. The second-order valence-electron chi connectivity index (χ2n) is 5.77. The third kappa shape index (κ3) is 4.41. The number of aliphatic imine (C=N–C) groups is 1. The minimum atomic E-state index is 0. The van der Waals surface area contributed by atoms with Gasteiger partial charge in [-0.3, -0.25) is 4.99 Å². The van der Waals surface area contributed by atoms with Crippen LogP contribution in [0, 0.1) is 5.41 Å². The van der Waals surface area contributed by atoms with Crippen molar-refractivity contribution in [2.24, 2.45) is 10.4 Å². The zero-order valence-electron chi connectivity index (χ0n) is 12.4. The van der Waals surface area contributed by atoms with Gasteiger partial charge in [0.1, 0.15) is 0 Å². The molecule has 3 nitrogen and oxygen atoms in total. The Hall–Kier alpha value is 0.350. The summed E-state index contributed by atoms with van der Waals surface area (Å²) in [5.74, 6) is 1.14. The largest absolute Gasteiger partial charge is 0.357 e. The summed E-state index contributed by atoms with van der Waals surface area (Å²) in [4.78, 5) is 7.28. The van der Waals surface area contributed by atoms with Crippen LogP contribution in [0.5, 0.6) is 0 Å². The molecule has 0 aromatic carbocycles. The van der Waals surface area contributed by atoms with E-state index >= 15 is 0 Å². The van der Waals surface area contributed by atoms with Gasteiger partial charge in [0.25, 0.3) is 0 Å². The molecule has 0 aromatic heterocycles. The zero-order chi connectivity index (χ0) is 13.0. The summed E-state index contributed by atoms with van der Waals surface area (Å²) >= 11 is 1.89. The molecule has 0 aromatic rings. The van der Waals surface area contributed by atoms with Gasteiger partial charge in [0.05, 0.1) is 6.54 Å². The van der Waals surface area contributed by atoms with Crippen LogP contribution in [0.15, 0.2) is 4.99 Å². The lowest BCUT2D eigenvalue weighted by Gasteiger charge is -2.38. The molecule has 1 aliphatic carbocycles. The second-order valence-corrected chi connectivity index (χ2v) is 7.04. The average molecular weight is 397 g/mol. The third-order valence-electron chi connectivity index (χ3n) is 4.39. The molecule has 0 bridgehead atoms. The highest BCUT2D eigenvalue weighted by Gasteiger charge is 2.43. The third-order valence-corrected chi connectivity index (χ3v) is 5.34. The molecule has 5 heteroatoms. The first-order valence-corrected chi connectivity index (χ1v) is 8.54. The molecule has 112 valence electrons. The minimum absolute atomic E-state index is 0. The fourth-order valence-corrected chi connectivity index (χ4v) is 3.14. The molecule has 2 fully saturated rings. The molecule has 19 heavy (non-hydrogen) atoms. The van der Waals surface area contributed by atoms with E-state index in [9.17, 15) is 0 Å². The number of hydrogen-bond donors (Lipinski definition) is 1. The molecule has 1 atom stereocenters.